The normalized spacial score (nSPS) is 17.8. The van der Waals surface area contributed by atoms with E-state index in [9.17, 15) is 9.59 Å². The first-order valence-corrected chi connectivity index (χ1v) is 6.87. The summed E-state index contributed by atoms with van der Waals surface area (Å²) >= 11 is 0. The minimum atomic E-state index is -0.764. The Hall–Kier alpha value is -1.98. The van der Waals surface area contributed by atoms with Crippen molar-refractivity contribution in [1.82, 2.24) is 10.2 Å². The Labute approximate surface area is 117 Å². The highest BCUT2D eigenvalue weighted by Crippen LogP contribution is 2.21. The summed E-state index contributed by atoms with van der Waals surface area (Å²) in [6, 6.07) is 3.32. The molecular formula is C14H20N2O4. The Bertz CT molecular complexity index is 450. The number of nitrogens with zero attached hydrogens (tertiary/aromatic N) is 1. The SMILES string of the molecule is CC(NC(=O)N1CCC(CC(=O)O)CC1)c1ccco1. The fraction of sp³-hybridized carbons (Fsp3) is 0.571. The molecule has 0 bridgehead atoms. The molecule has 0 saturated carbocycles. The molecule has 2 heterocycles. The lowest BCUT2D eigenvalue weighted by Crippen LogP contribution is -2.45. The minimum Gasteiger partial charge on any atom is -0.481 e. The van der Waals surface area contributed by atoms with Crippen molar-refractivity contribution < 1.29 is 19.1 Å². The molecule has 2 amide bonds. The van der Waals surface area contributed by atoms with Crippen molar-refractivity contribution >= 4 is 12.0 Å². The first kappa shape index (κ1) is 14.4. The van der Waals surface area contributed by atoms with Crippen molar-refractivity contribution in [2.75, 3.05) is 13.1 Å². The molecule has 0 aromatic carbocycles. The number of hydrogen-bond acceptors (Lipinski definition) is 3. The lowest BCUT2D eigenvalue weighted by molar-refractivity contribution is -0.138. The molecule has 0 aliphatic carbocycles. The van der Waals surface area contributed by atoms with E-state index in [1.165, 1.54) is 0 Å². The van der Waals surface area contributed by atoms with Crippen molar-refractivity contribution in [1.29, 1.82) is 0 Å². The zero-order valence-corrected chi connectivity index (χ0v) is 11.5. The quantitative estimate of drug-likeness (QED) is 0.886. The van der Waals surface area contributed by atoms with Crippen LogP contribution in [-0.2, 0) is 4.79 Å². The summed E-state index contributed by atoms with van der Waals surface area (Å²) < 4.78 is 5.25. The third kappa shape index (κ3) is 3.76. The molecule has 1 atom stereocenters. The van der Waals surface area contributed by atoms with Crippen LogP contribution in [0.1, 0.15) is 38.0 Å². The lowest BCUT2D eigenvalue weighted by atomic mass is 9.94. The van der Waals surface area contributed by atoms with Crippen LogP contribution in [0.25, 0.3) is 0 Å². The van der Waals surface area contributed by atoms with Gasteiger partial charge < -0.3 is 19.7 Å². The van der Waals surface area contributed by atoms with Crippen molar-refractivity contribution in [3.05, 3.63) is 24.2 Å². The predicted octanol–water partition coefficient (Wildman–Crippen LogP) is 2.24. The van der Waals surface area contributed by atoms with Gasteiger partial charge in [-0.15, -0.1) is 0 Å². The number of piperidine rings is 1. The third-order valence-corrected chi connectivity index (χ3v) is 3.67. The van der Waals surface area contributed by atoms with Gasteiger partial charge in [0.25, 0.3) is 0 Å². The summed E-state index contributed by atoms with van der Waals surface area (Å²) in [7, 11) is 0. The standard InChI is InChI=1S/C14H20N2O4/c1-10(12-3-2-8-20-12)15-14(19)16-6-4-11(5-7-16)9-13(17)18/h2-3,8,10-11H,4-7,9H2,1H3,(H,15,19)(H,17,18). The van der Waals surface area contributed by atoms with E-state index in [2.05, 4.69) is 5.32 Å². The van der Waals surface area contributed by atoms with Crippen LogP contribution < -0.4 is 5.32 Å². The highest BCUT2D eigenvalue weighted by molar-refractivity contribution is 5.74. The van der Waals surface area contributed by atoms with Crippen LogP contribution in [0.2, 0.25) is 0 Å². The van der Waals surface area contributed by atoms with Gasteiger partial charge in [-0.3, -0.25) is 4.79 Å². The fourth-order valence-electron chi connectivity index (χ4n) is 2.47. The van der Waals surface area contributed by atoms with Gasteiger partial charge in [-0.1, -0.05) is 0 Å². The Balaban J connectivity index is 1.78. The zero-order chi connectivity index (χ0) is 14.5. The number of carbonyl (C=O) groups is 2. The third-order valence-electron chi connectivity index (χ3n) is 3.67. The fourth-order valence-corrected chi connectivity index (χ4v) is 2.47. The van der Waals surface area contributed by atoms with E-state index in [0.717, 1.165) is 18.6 Å². The number of aliphatic carboxylic acids is 1. The van der Waals surface area contributed by atoms with E-state index in [1.54, 1.807) is 17.2 Å². The molecule has 6 nitrogen and oxygen atoms in total. The molecule has 6 heteroatoms. The molecule has 1 aromatic rings. The molecule has 20 heavy (non-hydrogen) atoms. The highest BCUT2D eigenvalue weighted by atomic mass is 16.4. The molecule has 1 unspecified atom stereocenters. The van der Waals surface area contributed by atoms with Gasteiger partial charge in [0.05, 0.1) is 12.3 Å². The largest absolute Gasteiger partial charge is 0.481 e. The average Bonchev–Trinajstić information content (AvgIpc) is 2.92. The van der Waals surface area contributed by atoms with Crippen molar-refractivity contribution in [3.63, 3.8) is 0 Å². The van der Waals surface area contributed by atoms with Gasteiger partial charge in [-0.25, -0.2) is 4.79 Å². The van der Waals surface area contributed by atoms with Crippen molar-refractivity contribution in [2.24, 2.45) is 5.92 Å². The maximum Gasteiger partial charge on any atom is 0.317 e. The summed E-state index contributed by atoms with van der Waals surface area (Å²) in [6.07, 6.45) is 3.26. The van der Waals surface area contributed by atoms with Gasteiger partial charge in [-0.05, 0) is 37.8 Å². The molecule has 1 saturated heterocycles. The second-order valence-electron chi connectivity index (χ2n) is 5.21. The van der Waals surface area contributed by atoms with Gasteiger partial charge in [0.15, 0.2) is 0 Å². The number of carboxylic acid groups (broad SMARTS) is 1. The van der Waals surface area contributed by atoms with Crippen LogP contribution in [0.4, 0.5) is 4.79 Å². The van der Waals surface area contributed by atoms with E-state index < -0.39 is 5.97 Å². The van der Waals surface area contributed by atoms with Crippen LogP contribution in [0, 0.1) is 5.92 Å². The van der Waals surface area contributed by atoms with E-state index in [4.69, 9.17) is 9.52 Å². The summed E-state index contributed by atoms with van der Waals surface area (Å²) in [5.74, 6) is 0.137. The van der Waals surface area contributed by atoms with Crippen LogP contribution in [0.5, 0.6) is 0 Å². The van der Waals surface area contributed by atoms with Gasteiger partial charge in [0.1, 0.15) is 5.76 Å². The van der Waals surface area contributed by atoms with E-state index in [1.807, 2.05) is 13.0 Å². The number of nitrogens with one attached hydrogen (secondary N) is 1. The molecular weight excluding hydrogens is 260 g/mol. The molecule has 2 rings (SSSR count). The van der Waals surface area contributed by atoms with E-state index in [0.29, 0.717) is 13.1 Å². The molecule has 1 aliphatic heterocycles. The Morgan fingerprint density at radius 1 is 1.50 bits per heavy atom. The minimum absolute atomic E-state index is 0.123. The van der Waals surface area contributed by atoms with Crippen LogP contribution in [-0.4, -0.2) is 35.1 Å². The summed E-state index contributed by atoms with van der Waals surface area (Å²) in [6.45, 7) is 3.08. The molecule has 1 aromatic heterocycles. The first-order valence-electron chi connectivity index (χ1n) is 6.87. The summed E-state index contributed by atoms with van der Waals surface area (Å²) in [5, 5.41) is 11.6. The number of carbonyl (C=O) groups excluding carboxylic acids is 1. The second-order valence-corrected chi connectivity index (χ2v) is 5.21. The topological polar surface area (TPSA) is 82.8 Å². The lowest BCUT2D eigenvalue weighted by Gasteiger charge is -2.32. The number of likely N-dealkylation sites (tertiary alicyclic amines) is 1. The van der Waals surface area contributed by atoms with Crippen molar-refractivity contribution in [2.45, 2.75) is 32.2 Å². The van der Waals surface area contributed by atoms with Crippen LogP contribution >= 0.6 is 0 Å². The van der Waals surface area contributed by atoms with Crippen LogP contribution in [0.3, 0.4) is 0 Å². The predicted molar refractivity (Wildman–Crippen MR) is 72.2 cm³/mol. The number of urea groups is 1. The van der Waals surface area contributed by atoms with Gasteiger partial charge in [0.2, 0.25) is 0 Å². The summed E-state index contributed by atoms with van der Waals surface area (Å²) in [4.78, 5) is 24.5. The molecule has 110 valence electrons. The smallest absolute Gasteiger partial charge is 0.317 e. The number of rotatable bonds is 4. The van der Waals surface area contributed by atoms with Crippen LogP contribution in [0.15, 0.2) is 22.8 Å². The first-order chi connectivity index (χ1) is 9.56. The molecule has 1 aliphatic rings. The molecule has 2 N–H and O–H groups in total. The molecule has 0 radical (unpaired) electrons. The van der Waals surface area contributed by atoms with Gasteiger partial charge >= 0.3 is 12.0 Å². The molecule has 0 spiro atoms. The monoisotopic (exact) mass is 280 g/mol. The van der Waals surface area contributed by atoms with Gasteiger partial charge in [-0.2, -0.15) is 0 Å². The Morgan fingerprint density at radius 2 is 2.20 bits per heavy atom. The number of furan rings is 1. The number of carboxylic acids is 1. The van der Waals surface area contributed by atoms with E-state index in [-0.39, 0.29) is 24.4 Å². The maximum absolute atomic E-state index is 12.1. The maximum atomic E-state index is 12.1. The Kier molecular flexibility index (Phi) is 4.65. The summed E-state index contributed by atoms with van der Waals surface area (Å²) in [5.41, 5.74) is 0. The highest BCUT2D eigenvalue weighted by Gasteiger charge is 2.25. The number of hydrogen-bond donors (Lipinski definition) is 2. The average molecular weight is 280 g/mol. The zero-order valence-electron chi connectivity index (χ0n) is 11.5. The van der Waals surface area contributed by atoms with Gasteiger partial charge in [0, 0.05) is 19.5 Å². The van der Waals surface area contributed by atoms with Crippen molar-refractivity contribution in [3.8, 4) is 0 Å². The number of amides is 2. The second kappa shape index (κ2) is 6.45. The molecule has 1 fully saturated rings. The van der Waals surface area contributed by atoms with E-state index >= 15 is 0 Å². The Morgan fingerprint density at radius 3 is 2.75 bits per heavy atom.